The van der Waals surface area contributed by atoms with Gasteiger partial charge in [0.25, 0.3) is 0 Å². The Morgan fingerprint density at radius 1 is 0.532 bits per heavy atom. The molecule has 0 unspecified atom stereocenters. The van der Waals surface area contributed by atoms with Gasteiger partial charge in [0.1, 0.15) is 11.6 Å². The first-order valence-corrected chi connectivity index (χ1v) is 26.7. The number of phenolic OH excluding ortho intramolecular Hbond substituents is 1. The van der Waals surface area contributed by atoms with Gasteiger partial charge < -0.3 is 5.11 Å². The molecule has 2 aromatic heterocycles. The van der Waals surface area contributed by atoms with Crippen molar-refractivity contribution in [2.45, 2.75) is 70.6 Å². The van der Waals surface area contributed by atoms with E-state index in [0.717, 1.165) is 104 Å². The molecule has 1 aliphatic rings. The molecular formula is C72H62N3OPt-. The fourth-order valence-corrected chi connectivity index (χ4v) is 11.3. The van der Waals surface area contributed by atoms with Gasteiger partial charge in [-0.05, 0) is 111 Å². The van der Waals surface area contributed by atoms with E-state index in [-0.39, 0.29) is 43.6 Å². The second-order valence-electron chi connectivity index (χ2n) is 21.6. The summed E-state index contributed by atoms with van der Waals surface area (Å²) in [5, 5.41) is 12.0. The Kier molecular flexibility index (Phi) is 13.7. The van der Waals surface area contributed by atoms with Crippen LogP contribution in [-0.4, -0.2) is 19.6 Å². The maximum absolute atomic E-state index is 12.0. The van der Waals surface area contributed by atoms with Crippen LogP contribution in [0.15, 0.2) is 231 Å². The Hall–Kier alpha value is -7.91. The van der Waals surface area contributed by atoms with Crippen LogP contribution in [0.5, 0.6) is 5.75 Å². The number of nitrogens with zero attached hydrogens (tertiary/aromatic N) is 3. The number of hydrogen-bond acceptors (Lipinski definition) is 3. The molecule has 2 heterocycles. The number of hydrogen-bond donors (Lipinski definition) is 1. The van der Waals surface area contributed by atoms with Crippen molar-refractivity contribution >= 4 is 11.0 Å². The summed E-state index contributed by atoms with van der Waals surface area (Å²) in [6.07, 6.45) is 4.24. The van der Waals surface area contributed by atoms with Crippen LogP contribution in [0.25, 0.3) is 83.9 Å². The Labute approximate surface area is 471 Å². The van der Waals surface area contributed by atoms with E-state index in [1.165, 1.54) is 16.7 Å². The number of rotatable bonds is 12. The van der Waals surface area contributed by atoms with E-state index in [1.807, 2.05) is 42.6 Å². The van der Waals surface area contributed by atoms with Crippen molar-refractivity contribution in [1.29, 1.82) is 0 Å². The van der Waals surface area contributed by atoms with Crippen LogP contribution in [0, 0.1) is 12.0 Å². The van der Waals surface area contributed by atoms with Crippen molar-refractivity contribution in [3.05, 3.63) is 265 Å². The van der Waals surface area contributed by atoms with E-state index < -0.39 is 6.37 Å². The first-order valence-electron chi connectivity index (χ1n) is 27.7. The summed E-state index contributed by atoms with van der Waals surface area (Å²) in [4.78, 5) is 10.6. The molecule has 0 aliphatic heterocycles. The average molecular weight is 1180 g/mol. The molecule has 0 atom stereocenters. The molecule has 4 nitrogen and oxygen atoms in total. The van der Waals surface area contributed by atoms with Crippen molar-refractivity contribution in [3.8, 4) is 78.6 Å². The van der Waals surface area contributed by atoms with Crippen LogP contribution < -0.4 is 0 Å². The van der Waals surface area contributed by atoms with Gasteiger partial charge in [-0.15, -0.1) is 23.8 Å². The Morgan fingerprint density at radius 2 is 1.13 bits per heavy atom. The molecule has 0 saturated heterocycles. The maximum atomic E-state index is 12.0. The van der Waals surface area contributed by atoms with E-state index in [1.54, 1.807) is 6.07 Å². The van der Waals surface area contributed by atoms with Gasteiger partial charge in [0, 0.05) is 46.7 Å². The minimum absolute atomic E-state index is 0. The second kappa shape index (κ2) is 21.6. The number of aromatic nitrogens is 3. The van der Waals surface area contributed by atoms with Crippen LogP contribution in [0.1, 0.15) is 83.9 Å². The van der Waals surface area contributed by atoms with Gasteiger partial charge in [0.15, 0.2) is 0 Å². The molecule has 0 spiro atoms. The minimum atomic E-state index is -1.51. The summed E-state index contributed by atoms with van der Waals surface area (Å²) in [6.45, 7) is 8.84. The van der Waals surface area contributed by atoms with E-state index in [2.05, 4.69) is 220 Å². The largest absolute Gasteiger partial charge is 0.507 e. The Morgan fingerprint density at radius 3 is 1.79 bits per heavy atom. The van der Waals surface area contributed by atoms with Gasteiger partial charge in [0.2, 0.25) is 0 Å². The number of fused-ring (bicyclic) bond motifs is 1. The fourth-order valence-electron chi connectivity index (χ4n) is 11.3. The van der Waals surface area contributed by atoms with Crippen molar-refractivity contribution < 1.29 is 28.9 Å². The second-order valence-corrected chi connectivity index (χ2v) is 21.6. The third-order valence-corrected chi connectivity index (χ3v) is 15.6. The Bertz CT molecular complexity index is 3900. The molecule has 12 rings (SSSR count). The summed E-state index contributed by atoms with van der Waals surface area (Å²) in [5.41, 5.74) is 17.3. The van der Waals surface area contributed by atoms with Crippen molar-refractivity contribution in [1.82, 2.24) is 14.5 Å². The smallest absolute Gasteiger partial charge is 0.148 e. The van der Waals surface area contributed by atoms with E-state index in [9.17, 15) is 7.85 Å². The molecule has 9 aromatic carbocycles. The monoisotopic (exact) mass is 1180 g/mol. The van der Waals surface area contributed by atoms with Crippen molar-refractivity contribution in [2.24, 2.45) is 5.92 Å². The third kappa shape index (κ3) is 10.2. The number of pyridine rings is 1. The molecule has 77 heavy (non-hydrogen) atoms. The number of para-hydroxylation sites is 1. The number of benzene rings is 9. The molecule has 1 fully saturated rings. The predicted octanol–water partition coefficient (Wildman–Crippen LogP) is 18.3. The molecule has 0 amide bonds. The first-order chi connectivity index (χ1) is 37.8. The zero-order valence-corrected chi connectivity index (χ0v) is 46.2. The number of aromatic hydroxyl groups is 1. The first kappa shape index (κ1) is 48.7. The Balaban J connectivity index is 0.00000660. The molecule has 382 valence electrons. The molecule has 1 aliphatic carbocycles. The standard InChI is InChI=1S/C72H62N3O.Pt/c1-71(2,3)61-37-39-68(76)64(48-61)70-74-69-62(30-19-31-67(69)75(70)66-38-32-50(42-49-20-17-18-21-49)43-63(66)53-24-11-6-12-25-53)56-44-55(51-22-9-5-10-23-51)45-57(46-56)65-47-54(40-41-73-65)52-33-35-60(36-34-52)72(4,58-26-13-7-14-27-58)59-28-15-8-16-29-59;/h5-16,19,22-41,43-45,47-49,76H,17-18,20-21,42H2,1-4H3;/q-1;/i42D2;. The molecule has 5 heteroatoms. The zero-order valence-electron chi connectivity index (χ0n) is 46.0. The summed E-state index contributed by atoms with van der Waals surface area (Å²) < 4.78 is 21.2. The van der Waals surface area contributed by atoms with E-state index >= 15 is 0 Å². The maximum Gasteiger partial charge on any atom is 0.148 e. The van der Waals surface area contributed by atoms with Crippen molar-refractivity contribution in [3.63, 3.8) is 0 Å². The SMILES string of the molecule is [2H]C([2H])(c1ccc(-n2c(-c3cc(C(C)(C)C)ccc3O)nc3c(-c4[c-]c(-c5cc(-c6ccc(C(C)(c7ccccc7)c7ccccc7)cc6)ccn5)cc(-c5ccccc5)c4)cccc32)c(-c2ccccc2)c1)C1CCCC1.[Pt]. The zero-order chi connectivity index (χ0) is 53.6. The summed E-state index contributed by atoms with van der Waals surface area (Å²) in [5.74, 6) is 0.659. The molecular weight excluding hydrogens is 1120 g/mol. The summed E-state index contributed by atoms with van der Waals surface area (Å²) >= 11 is 0. The average Bonchev–Trinajstić information content (AvgIpc) is 4.38. The molecule has 11 aromatic rings. The van der Waals surface area contributed by atoms with Crippen LogP contribution in [0.3, 0.4) is 0 Å². The van der Waals surface area contributed by atoms with Gasteiger partial charge in [-0.1, -0.05) is 239 Å². The van der Waals surface area contributed by atoms with Crippen LogP contribution >= 0.6 is 0 Å². The van der Waals surface area contributed by atoms with Gasteiger partial charge in [-0.25, -0.2) is 4.98 Å². The number of imidazole rings is 1. The van der Waals surface area contributed by atoms with Crippen LogP contribution in [-0.2, 0) is 38.3 Å². The topological polar surface area (TPSA) is 50.9 Å². The molecule has 0 bridgehead atoms. The fraction of sp³-hybridized carbons (Fsp3) is 0.167. The van der Waals surface area contributed by atoms with Gasteiger partial charge >= 0.3 is 0 Å². The number of phenols is 1. The van der Waals surface area contributed by atoms with E-state index in [0.29, 0.717) is 17.0 Å². The van der Waals surface area contributed by atoms with Gasteiger partial charge in [-0.3, -0.25) is 9.55 Å². The van der Waals surface area contributed by atoms with Crippen LogP contribution in [0.4, 0.5) is 0 Å². The predicted molar refractivity (Wildman–Crippen MR) is 315 cm³/mol. The minimum Gasteiger partial charge on any atom is -0.507 e. The normalized spacial score (nSPS) is 13.5. The van der Waals surface area contributed by atoms with Crippen molar-refractivity contribution in [2.75, 3.05) is 0 Å². The van der Waals surface area contributed by atoms with Gasteiger partial charge in [-0.2, -0.15) is 0 Å². The molecule has 1 saturated carbocycles. The van der Waals surface area contributed by atoms with E-state index in [4.69, 9.17) is 9.97 Å². The molecule has 0 radical (unpaired) electrons. The summed E-state index contributed by atoms with van der Waals surface area (Å²) in [6, 6.07) is 81.8. The van der Waals surface area contributed by atoms with Gasteiger partial charge in [0.05, 0.1) is 22.3 Å². The quantitative estimate of drug-likeness (QED) is 0.0980. The third-order valence-electron chi connectivity index (χ3n) is 15.6. The molecule has 1 N–H and O–H groups in total. The van der Waals surface area contributed by atoms with Crippen LogP contribution in [0.2, 0.25) is 0 Å². The summed E-state index contributed by atoms with van der Waals surface area (Å²) in [7, 11) is 0.